The summed E-state index contributed by atoms with van der Waals surface area (Å²) >= 11 is 2.20. The highest BCUT2D eigenvalue weighted by Gasteiger charge is 2.16. The van der Waals surface area contributed by atoms with E-state index in [9.17, 15) is 4.79 Å². The number of aromatic nitrogens is 1. The van der Waals surface area contributed by atoms with Gasteiger partial charge in [0, 0.05) is 14.7 Å². The Bertz CT molecular complexity index is 773. The molecule has 0 fully saturated rings. The number of fused-ring (bicyclic) bond motifs is 1. The molecule has 2 aromatic carbocycles. The summed E-state index contributed by atoms with van der Waals surface area (Å²) < 4.78 is 2.76. The number of carbonyl (C=O) groups excluding carboxylic acids is 1. The van der Waals surface area contributed by atoms with Crippen LogP contribution in [0.2, 0.25) is 0 Å². The fourth-order valence-electron chi connectivity index (χ4n) is 2.32. The van der Waals surface area contributed by atoms with Gasteiger partial charge in [0.2, 0.25) is 0 Å². The molecule has 1 aromatic heterocycles. The smallest absolute Gasteiger partial charge is 0.263 e. The van der Waals surface area contributed by atoms with E-state index >= 15 is 0 Å². The molecule has 3 aromatic rings. The third-order valence-electron chi connectivity index (χ3n) is 3.20. The molecule has 0 radical (unpaired) electrons. The van der Waals surface area contributed by atoms with Gasteiger partial charge in [0.05, 0.1) is 11.1 Å². The molecule has 3 heteroatoms. The van der Waals surface area contributed by atoms with Crippen LogP contribution in [0, 0.1) is 10.5 Å². The average molecular weight is 361 g/mol. The number of rotatable bonds is 1. The number of nitrogens with zero attached hydrogens (tertiary/aromatic N) is 1. The normalized spacial score (nSPS) is 10.8. The van der Waals surface area contributed by atoms with Crippen LogP contribution in [-0.4, -0.2) is 10.5 Å². The Morgan fingerprint density at radius 3 is 2.53 bits per heavy atom. The van der Waals surface area contributed by atoms with Crippen LogP contribution in [0.15, 0.2) is 54.6 Å². The molecule has 0 unspecified atom stereocenters. The van der Waals surface area contributed by atoms with Crippen molar-refractivity contribution in [2.75, 3.05) is 0 Å². The summed E-state index contributed by atoms with van der Waals surface area (Å²) in [5.41, 5.74) is 2.67. The summed E-state index contributed by atoms with van der Waals surface area (Å²) in [5, 5.41) is 1.10. The molecule has 0 spiro atoms. The highest BCUT2D eigenvalue weighted by atomic mass is 127. The zero-order valence-electron chi connectivity index (χ0n) is 10.4. The number of hydrogen-bond donors (Lipinski definition) is 0. The highest BCUT2D eigenvalue weighted by molar-refractivity contribution is 14.1. The molecule has 1 heterocycles. The number of aryl methyl sites for hydroxylation is 1. The molecule has 19 heavy (non-hydrogen) atoms. The first kappa shape index (κ1) is 12.4. The fourth-order valence-corrected chi connectivity index (χ4v) is 2.94. The van der Waals surface area contributed by atoms with E-state index in [1.54, 1.807) is 4.57 Å². The zero-order valence-corrected chi connectivity index (χ0v) is 12.6. The lowest BCUT2D eigenvalue weighted by Crippen LogP contribution is -2.14. The summed E-state index contributed by atoms with van der Waals surface area (Å²) in [4.78, 5) is 12.7. The number of hydrogen-bond acceptors (Lipinski definition) is 1. The standard InChI is InChI=1S/C16H12INO/c1-11-10-12-6-2-5-9-15(12)18(11)16(19)13-7-3-4-8-14(13)17/h2-10H,1H3. The zero-order chi connectivity index (χ0) is 13.4. The Kier molecular flexibility index (Phi) is 3.14. The predicted octanol–water partition coefficient (Wildman–Crippen LogP) is 4.24. The van der Waals surface area contributed by atoms with E-state index in [1.165, 1.54) is 0 Å². The highest BCUT2D eigenvalue weighted by Crippen LogP contribution is 2.22. The summed E-state index contributed by atoms with van der Waals surface area (Å²) in [5.74, 6) is 0.0312. The minimum atomic E-state index is 0.0312. The van der Waals surface area contributed by atoms with Gasteiger partial charge in [0.1, 0.15) is 0 Å². The molecular formula is C16H12INO. The maximum atomic E-state index is 12.7. The summed E-state index contributed by atoms with van der Waals surface area (Å²) in [6.07, 6.45) is 0. The number of carbonyl (C=O) groups is 1. The molecule has 3 rings (SSSR count). The first-order valence-corrected chi connectivity index (χ1v) is 7.12. The second kappa shape index (κ2) is 4.81. The number of para-hydroxylation sites is 1. The van der Waals surface area contributed by atoms with Crippen molar-refractivity contribution in [3.05, 3.63) is 69.4 Å². The minimum absolute atomic E-state index is 0.0312. The largest absolute Gasteiger partial charge is 0.280 e. The molecule has 0 saturated carbocycles. The van der Waals surface area contributed by atoms with E-state index in [1.807, 2.05) is 61.5 Å². The van der Waals surface area contributed by atoms with Gasteiger partial charge in [-0.1, -0.05) is 30.3 Å². The average Bonchev–Trinajstić information content (AvgIpc) is 2.74. The second-order valence-corrected chi connectivity index (χ2v) is 5.63. The Labute approximate surface area is 125 Å². The van der Waals surface area contributed by atoms with Gasteiger partial charge in [-0.05, 0) is 53.8 Å². The Hall–Kier alpha value is -1.62. The van der Waals surface area contributed by atoms with Crippen molar-refractivity contribution in [1.29, 1.82) is 0 Å². The minimum Gasteiger partial charge on any atom is -0.280 e. The molecule has 0 aliphatic carbocycles. The molecule has 94 valence electrons. The van der Waals surface area contributed by atoms with Gasteiger partial charge in [-0.15, -0.1) is 0 Å². The van der Waals surface area contributed by atoms with Crippen molar-refractivity contribution in [3.8, 4) is 0 Å². The van der Waals surface area contributed by atoms with Crippen LogP contribution in [0.3, 0.4) is 0 Å². The van der Waals surface area contributed by atoms with Gasteiger partial charge in [0.15, 0.2) is 0 Å². The van der Waals surface area contributed by atoms with Gasteiger partial charge in [-0.2, -0.15) is 0 Å². The molecule has 0 N–H and O–H groups in total. The number of halogens is 1. The van der Waals surface area contributed by atoms with Crippen molar-refractivity contribution in [2.45, 2.75) is 6.92 Å². The van der Waals surface area contributed by atoms with Gasteiger partial charge < -0.3 is 0 Å². The van der Waals surface area contributed by atoms with Crippen molar-refractivity contribution in [3.63, 3.8) is 0 Å². The van der Waals surface area contributed by atoms with E-state index in [-0.39, 0.29) is 5.91 Å². The molecule has 2 nitrogen and oxygen atoms in total. The van der Waals surface area contributed by atoms with Gasteiger partial charge >= 0.3 is 0 Å². The van der Waals surface area contributed by atoms with Crippen LogP contribution in [0.1, 0.15) is 16.1 Å². The molecule has 0 amide bonds. The van der Waals surface area contributed by atoms with E-state index < -0.39 is 0 Å². The van der Waals surface area contributed by atoms with E-state index in [0.717, 1.165) is 25.7 Å². The fraction of sp³-hybridized carbons (Fsp3) is 0.0625. The van der Waals surface area contributed by atoms with Crippen molar-refractivity contribution < 1.29 is 4.79 Å². The van der Waals surface area contributed by atoms with Crippen LogP contribution in [0.5, 0.6) is 0 Å². The summed E-state index contributed by atoms with van der Waals surface area (Å²) in [6.45, 7) is 1.97. The van der Waals surface area contributed by atoms with Crippen LogP contribution in [0.25, 0.3) is 10.9 Å². The Morgan fingerprint density at radius 2 is 1.74 bits per heavy atom. The van der Waals surface area contributed by atoms with Gasteiger partial charge in [0.25, 0.3) is 5.91 Å². The maximum absolute atomic E-state index is 12.7. The monoisotopic (exact) mass is 361 g/mol. The SMILES string of the molecule is Cc1cc2ccccc2n1C(=O)c1ccccc1I. The van der Waals surface area contributed by atoms with E-state index in [2.05, 4.69) is 22.6 Å². The van der Waals surface area contributed by atoms with Gasteiger partial charge in [-0.25, -0.2) is 0 Å². The Morgan fingerprint density at radius 1 is 1.05 bits per heavy atom. The topological polar surface area (TPSA) is 22.0 Å². The quantitative estimate of drug-likeness (QED) is 0.595. The van der Waals surface area contributed by atoms with Crippen LogP contribution < -0.4 is 0 Å². The molecule has 0 bridgehead atoms. The Balaban J connectivity index is 2.23. The lowest BCUT2D eigenvalue weighted by molar-refractivity contribution is 0.0962. The van der Waals surface area contributed by atoms with Crippen molar-refractivity contribution >= 4 is 39.4 Å². The van der Waals surface area contributed by atoms with Crippen LogP contribution >= 0.6 is 22.6 Å². The molecule has 0 atom stereocenters. The summed E-state index contributed by atoms with van der Waals surface area (Å²) in [6, 6.07) is 17.7. The first-order chi connectivity index (χ1) is 9.18. The van der Waals surface area contributed by atoms with Crippen molar-refractivity contribution in [1.82, 2.24) is 4.57 Å². The number of benzene rings is 2. The lowest BCUT2D eigenvalue weighted by Gasteiger charge is -2.08. The van der Waals surface area contributed by atoms with E-state index in [4.69, 9.17) is 0 Å². The van der Waals surface area contributed by atoms with E-state index in [0.29, 0.717) is 0 Å². The second-order valence-electron chi connectivity index (χ2n) is 4.46. The maximum Gasteiger partial charge on any atom is 0.263 e. The summed E-state index contributed by atoms with van der Waals surface area (Å²) in [7, 11) is 0. The third kappa shape index (κ3) is 2.08. The van der Waals surface area contributed by atoms with Crippen LogP contribution in [-0.2, 0) is 0 Å². The molecule has 0 aliphatic rings. The molecule has 0 saturated heterocycles. The predicted molar refractivity (Wildman–Crippen MR) is 85.6 cm³/mol. The molecule has 0 aliphatic heterocycles. The first-order valence-electron chi connectivity index (χ1n) is 6.05. The lowest BCUT2D eigenvalue weighted by atomic mass is 10.2. The van der Waals surface area contributed by atoms with Crippen LogP contribution in [0.4, 0.5) is 0 Å². The van der Waals surface area contributed by atoms with Gasteiger partial charge in [-0.3, -0.25) is 9.36 Å². The van der Waals surface area contributed by atoms with Crippen molar-refractivity contribution in [2.24, 2.45) is 0 Å². The third-order valence-corrected chi connectivity index (χ3v) is 4.14. The molecular weight excluding hydrogens is 349 g/mol.